The van der Waals surface area contributed by atoms with Crippen molar-refractivity contribution in [1.29, 1.82) is 0 Å². The van der Waals surface area contributed by atoms with Crippen LogP contribution in [0.1, 0.15) is 6.42 Å². The minimum atomic E-state index is -5.94. The first-order chi connectivity index (χ1) is 6.06. The van der Waals surface area contributed by atoms with Gasteiger partial charge in [-0.05, 0) is 13.6 Å². The standard InChI is InChI=1S/C6H8F7N/c1-14-3-2-4(7,5(8,9)10)6(11,12)13/h14H,2-3H2,1H3. The van der Waals surface area contributed by atoms with E-state index in [1.807, 2.05) is 5.32 Å². The van der Waals surface area contributed by atoms with E-state index in [0.717, 1.165) is 7.05 Å². The van der Waals surface area contributed by atoms with Crippen molar-refractivity contribution >= 4 is 0 Å². The molecule has 0 aliphatic carbocycles. The third-order valence-electron chi connectivity index (χ3n) is 1.62. The van der Waals surface area contributed by atoms with E-state index in [9.17, 15) is 30.7 Å². The second-order valence-corrected chi connectivity index (χ2v) is 2.65. The van der Waals surface area contributed by atoms with Crippen LogP contribution in [0.25, 0.3) is 0 Å². The molecule has 1 nitrogen and oxygen atoms in total. The van der Waals surface area contributed by atoms with Gasteiger partial charge in [0.1, 0.15) is 0 Å². The molecule has 0 heterocycles. The predicted molar refractivity (Wildman–Crippen MR) is 34.5 cm³/mol. The third kappa shape index (κ3) is 2.49. The Morgan fingerprint density at radius 3 is 1.43 bits per heavy atom. The Morgan fingerprint density at radius 2 is 1.21 bits per heavy atom. The molecule has 0 aromatic rings. The summed E-state index contributed by atoms with van der Waals surface area (Å²) in [5, 5.41) is 2.03. The summed E-state index contributed by atoms with van der Waals surface area (Å²) in [5.74, 6) is 0. The molecule has 0 rings (SSSR count). The molecule has 0 amide bonds. The molecule has 0 saturated carbocycles. The van der Waals surface area contributed by atoms with E-state index < -0.39 is 31.0 Å². The van der Waals surface area contributed by atoms with Gasteiger partial charge in [0.2, 0.25) is 0 Å². The van der Waals surface area contributed by atoms with Gasteiger partial charge in [-0.25, -0.2) is 4.39 Å². The third-order valence-corrected chi connectivity index (χ3v) is 1.62. The van der Waals surface area contributed by atoms with Gasteiger partial charge in [-0.2, -0.15) is 26.3 Å². The van der Waals surface area contributed by atoms with Gasteiger partial charge in [-0.15, -0.1) is 0 Å². The van der Waals surface area contributed by atoms with Crippen molar-refractivity contribution in [3.8, 4) is 0 Å². The fourth-order valence-corrected chi connectivity index (χ4v) is 0.741. The zero-order valence-electron chi connectivity index (χ0n) is 7.06. The number of hydrogen-bond acceptors (Lipinski definition) is 1. The molecule has 0 unspecified atom stereocenters. The Kier molecular flexibility index (Phi) is 3.77. The molecule has 86 valence electrons. The lowest BCUT2D eigenvalue weighted by Gasteiger charge is -2.29. The molecule has 0 spiro atoms. The maximum atomic E-state index is 12.7. The van der Waals surface area contributed by atoms with E-state index in [2.05, 4.69) is 0 Å². The molecule has 0 radical (unpaired) electrons. The molecule has 8 heteroatoms. The first-order valence-corrected chi connectivity index (χ1v) is 3.53. The van der Waals surface area contributed by atoms with Gasteiger partial charge in [0, 0.05) is 6.42 Å². The van der Waals surface area contributed by atoms with Crippen molar-refractivity contribution in [2.75, 3.05) is 13.6 Å². The van der Waals surface area contributed by atoms with Crippen molar-refractivity contribution in [2.24, 2.45) is 0 Å². The summed E-state index contributed by atoms with van der Waals surface area (Å²) in [5.41, 5.74) is -5.14. The zero-order valence-corrected chi connectivity index (χ0v) is 7.06. The summed E-state index contributed by atoms with van der Waals surface area (Å²) < 4.78 is 83.5. The highest BCUT2D eigenvalue weighted by atomic mass is 19.4. The lowest BCUT2D eigenvalue weighted by Crippen LogP contribution is -2.54. The molecule has 14 heavy (non-hydrogen) atoms. The summed E-state index contributed by atoms with van der Waals surface area (Å²) in [6.45, 7) is -0.713. The maximum Gasteiger partial charge on any atom is 0.431 e. The fourth-order valence-electron chi connectivity index (χ4n) is 0.741. The fraction of sp³-hybridized carbons (Fsp3) is 1.00. The largest absolute Gasteiger partial charge is 0.431 e. The Bertz CT molecular complexity index is 168. The number of alkyl halides is 7. The molecule has 1 N–H and O–H groups in total. The van der Waals surface area contributed by atoms with Gasteiger partial charge in [0.15, 0.2) is 0 Å². The first kappa shape index (κ1) is 13.5. The highest BCUT2D eigenvalue weighted by Gasteiger charge is 2.71. The molecule has 0 fully saturated rings. The van der Waals surface area contributed by atoms with Crippen LogP contribution < -0.4 is 5.32 Å². The zero-order chi connectivity index (χ0) is 11.6. The molecular formula is C6H8F7N. The molecule has 0 bridgehead atoms. The number of halogens is 7. The quantitative estimate of drug-likeness (QED) is 0.730. The minimum absolute atomic E-state index is 0.713. The summed E-state index contributed by atoms with van der Waals surface area (Å²) in [4.78, 5) is 0. The van der Waals surface area contributed by atoms with Gasteiger partial charge in [-0.1, -0.05) is 0 Å². The first-order valence-electron chi connectivity index (χ1n) is 3.53. The SMILES string of the molecule is CNCCC(F)(C(F)(F)F)C(F)(F)F. The van der Waals surface area contributed by atoms with E-state index in [0.29, 0.717) is 0 Å². The van der Waals surface area contributed by atoms with Crippen molar-refractivity contribution in [3.05, 3.63) is 0 Å². The van der Waals surface area contributed by atoms with Gasteiger partial charge in [0.05, 0.1) is 0 Å². The summed E-state index contributed by atoms with van der Waals surface area (Å²) in [6.07, 6.45) is -13.6. The molecule has 0 aliphatic heterocycles. The van der Waals surface area contributed by atoms with Crippen molar-refractivity contribution in [2.45, 2.75) is 24.4 Å². The normalized spacial score (nSPS) is 14.6. The molecule has 0 aliphatic rings. The predicted octanol–water partition coefficient (Wildman–Crippen LogP) is 2.43. The van der Waals surface area contributed by atoms with Crippen LogP contribution in [0.2, 0.25) is 0 Å². The summed E-state index contributed by atoms with van der Waals surface area (Å²) in [6, 6.07) is 0. The Balaban J connectivity index is 4.87. The van der Waals surface area contributed by atoms with Crippen LogP contribution in [0, 0.1) is 0 Å². The van der Waals surface area contributed by atoms with Crippen LogP contribution in [0.15, 0.2) is 0 Å². The van der Waals surface area contributed by atoms with Crippen molar-refractivity contribution in [3.63, 3.8) is 0 Å². The van der Waals surface area contributed by atoms with Crippen molar-refractivity contribution in [1.82, 2.24) is 5.32 Å². The minimum Gasteiger partial charge on any atom is -0.320 e. The van der Waals surface area contributed by atoms with Crippen LogP contribution in [0.4, 0.5) is 30.7 Å². The second-order valence-electron chi connectivity index (χ2n) is 2.65. The van der Waals surface area contributed by atoms with Crippen LogP contribution >= 0.6 is 0 Å². The maximum absolute atomic E-state index is 12.7. The van der Waals surface area contributed by atoms with Gasteiger partial charge in [-0.3, -0.25) is 0 Å². The van der Waals surface area contributed by atoms with Crippen LogP contribution in [0.5, 0.6) is 0 Å². The van der Waals surface area contributed by atoms with Crippen molar-refractivity contribution < 1.29 is 30.7 Å². The second kappa shape index (κ2) is 3.92. The van der Waals surface area contributed by atoms with Crippen LogP contribution in [-0.4, -0.2) is 31.6 Å². The van der Waals surface area contributed by atoms with E-state index in [1.54, 1.807) is 0 Å². The molecule has 0 aromatic carbocycles. The highest BCUT2D eigenvalue weighted by Crippen LogP contribution is 2.47. The van der Waals surface area contributed by atoms with E-state index in [4.69, 9.17) is 0 Å². The lowest BCUT2D eigenvalue weighted by molar-refractivity contribution is -0.342. The molecule has 0 saturated heterocycles. The van der Waals surface area contributed by atoms with Gasteiger partial charge >= 0.3 is 12.4 Å². The Hall–Kier alpha value is -0.530. The highest BCUT2D eigenvalue weighted by molar-refractivity contribution is 4.94. The molecule has 0 atom stereocenters. The topological polar surface area (TPSA) is 12.0 Å². The van der Waals surface area contributed by atoms with Crippen LogP contribution in [0.3, 0.4) is 0 Å². The van der Waals surface area contributed by atoms with E-state index in [-0.39, 0.29) is 0 Å². The average Bonchev–Trinajstić information content (AvgIpc) is 1.95. The number of nitrogens with one attached hydrogen (secondary N) is 1. The number of hydrogen-bond donors (Lipinski definition) is 1. The Morgan fingerprint density at radius 1 is 0.857 bits per heavy atom. The molecule has 0 aromatic heterocycles. The molecular weight excluding hydrogens is 219 g/mol. The summed E-state index contributed by atoms with van der Waals surface area (Å²) in [7, 11) is 1.13. The van der Waals surface area contributed by atoms with Gasteiger partial charge < -0.3 is 5.32 Å². The monoisotopic (exact) mass is 227 g/mol. The Labute approximate surface area is 75.3 Å². The van der Waals surface area contributed by atoms with Gasteiger partial charge in [0.25, 0.3) is 5.67 Å². The van der Waals surface area contributed by atoms with E-state index in [1.165, 1.54) is 0 Å². The van der Waals surface area contributed by atoms with Crippen LogP contribution in [-0.2, 0) is 0 Å². The summed E-state index contributed by atoms with van der Waals surface area (Å²) >= 11 is 0. The average molecular weight is 227 g/mol. The lowest BCUT2D eigenvalue weighted by atomic mass is 10.0. The number of rotatable bonds is 3. The smallest absolute Gasteiger partial charge is 0.320 e. The van der Waals surface area contributed by atoms with E-state index >= 15 is 0 Å².